The molecule has 0 aliphatic heterocycles. The third kappa shape index (κ3) is 5.18. The summed E-state index contributed by atoms with van der Waals surface area (Å²) in [6.07, 6.45) is 0. The molecule has 0 spiro atoms. The Balaban J connectivity index is 2.29. The van der Waals surface area contributed by atoms with Crippen molar-refractivity contribution in [2.75, 3.05) is 26.8 Å². The van der Waals surface area contributed by atoms with Gasteiger partial charge in [0.15, 0.2) is 11.5 Å². The molecule has 0 saturated carbocycles. The molecule has 5 nitrogen and oxygen atoms in total. The molecule has 1 atom stereocenters. The van der Waals surface area contributed by atoms with E-state index >= 15 is 0 Å². The average Bonchev–Trinajstić information content (AvgIpc) is 2.44. The number of carbonyl (C=O) groups is 1. The lowest BCUT2D eigenvalue weighted by molar-refractivity contribution is -0.122. The third-order valence-corrected chi connectivity index (χ3v) is 2.62. The van der Waals surface area contributed by atoms with Gasteiger partial charge in [0.25, 0.3) is 0 Å². The predicted molar refractivity (Wildman–Crippen MR) is 74.6 cm³/mol. The summed E-state index contributed by atoms with van der Waals surface area (Å²) in [7, 11) is 1.61. The van der Waals surface area contributed by atoms with Crippen molar-refractivity contribution in [2.24, 2.45) is 0 Å². The molecule has 1 aromatic rings. The van der Waals surface area contributed by atoms with Crippen LogP contribution in [0.15, 0.2) is 24.3 Å². The monoisotopic (exact) mass is 266 g/mol. The van der Waals surface area contributed by atoms with Crippen LogP contribution in [0.5, 0.6) is 11.5 Å². The van der Waals surface area contributed by atoms with Crippen molar-refractivity contribution in [3.63, 3.8) is 0 Å². The Morgan fingerprint density at radius 1 is 1.32 bits per heavy atom. The van der Waals surface area contributed by atoms with Crippen LogP contribution in [0.3, 0.4) is 0 Å². The van der Waals surface area contributed by atoms with Crippen LogP contribution in [0, 0.1) is 0 Å². The summed E-state index contributed by atoms with van der Waals surface area (Å²) in [5.41, 5.74) is 0. The van der Waals surface area contributed by atoms with Crippen molar-refractivity contribution in [1.82, 2.24) is 10.6 Å². The van der Waals surface area contributed by atoms with Gasteiger partial charge >= 0.3 is 0 Å². The molecule has 2 N–H and O–H groups in total. The van der Waals surface area contributed by atoms with Crippen molar-refractivity contribution < 1.29 is 14.3 Å². The minimum Gasteiger partial charge on any atom is -0.493 e. The fraction of sp³-hybridized carbons (Fsp3) is 0.500. The maximum Gasteiger partial charge on any atom is 0.236 e. The summed E-state index contributed by atoms with van der Waals surface area (Å²) in [5.74, 6) is 1.41. The molecule has 0 heterocycles. The first-order chi connectivity index (χ1) is 9.19. The van der Waals surface area contributed by atoms with Gasteiger partial charge in [0, 0.05) is 13.1 Å². The minimum absolute atomic E-state index is 0.000193. The Bertz CT molecular complexity index is 396. The van der Waals surface area contributed by atoms with Crippen LogP contribution in [0.25, 0.3) is 0 Å². The van der Waals surface area contributed by atoms with Gasteiger partial charge < -0.3 is 20.1 Å². The second kappa shape index (κ2) is 8.37. The normalized spacial score (nSPS) is 11.7. The number of rotatable bonds is 8. The average molecular weight is 266 g/mol. The van der Waals surface area contributed by atoms with Crippen LogP contribution in [0.4, 0.5) is 0 Å². The molecule has 0 saturated heterocycles. The summed E-state index contributed by atoms with van der Waals surface area (Å²) in [5, 5.41) is 5.86. The number of likely N-dealkylation sites (N-methyl/N-ethyl adjacent to an activating group) is 1. The van der Waals surface area contributed by atoms with E-state index in [0.717, 1.165) is 0 Å². The van der Waals surface area contributed by atoms with E-state index in [2.05, 4.69) is 10.6 Å². The van der Waals surface area contributed by atoms with Crippen LogP contribution < -0.4 is 20.1 Å². The fourth-order valence-electron chi connectivity index (χ4n) is 1.59. The van der Waals surface area contributed by atoms with Crippen LogP contribution in [0.2, 0.25) is 0 Å². The largest absolute Gasteiger partial charge is 0.493 e. The van der Waals surface area contributed by atoms with Gasteiger partial charge in [-0.05, 0) is 26.0 Å². The molecular formula is C14H22N2O3. The van der Waals surface area contributed by atoms with Crippen LogP contribution in [0.1, 0.15) is 13.8 Å². The fourth-order valence-corrected chi connectivity index (χ4v) is 1.59. The smallest absolute Gasteiger partial charge is 0.236 e. The predicted octanol–water partition coefficient (Wildman–Crippen LogP) is 1.19. The molecule has 1 rings (SSSR count). The Morgan fingerprint density at radius 3 is 2.63 bits per heavy atom. The van der Waals surface area contributed by atoms with E-state index in [0.29, 0.717) is 31.2 Å². The van der Waals surface area contributed by atoms with Crippen LogP contribution >= 0.6 is 0 Å². The van der Waals surface area contributed by atoms with Gasteiger partial charge in [-0.15, -0.1) is 0 Å². The first kappa shape index (κ1) is 15.3. The molecule has 1 aromatic carbocycles. The third-order valence-electron chi connectivity index (χ3n) is 2.62. The zero-order chi connectivity index (χ0) is 14.1. The number of para-hydroxylation sites is 2. The number of ether oxygens (including phenoxy) is 2. The van der Waals surface area contributed by atoms with Crippen molar-refractivity contribution in [3.8, 4) is 11.5 Å². The van der Waals surface area contributed by atoms with E-state index < -0.39 is 0 Å². The number of amides is 1. The summed E-state index contributed by atoms with van der Waals surface area (Å²) < 4.78 is 10.8. The topological polar surface area (TPSA) is 59.6 Å². The van der Waals surface area contributed by atoms with E-state index in [1.165, 1.54) is 0 Å². The Hall–Kier alpha value is -1.75. The Kier molecular flexibility index (Phi) is 6.74. The number of methoxy groups -OCH3 is 1. The highest BCUT2D eigenvalue weighted by Gasteiger charge is 2.10. The van der Waals surface area contributed by atoms with Gasteiger partial charge in [-0.2, -0.15) is 0 Å². The van der Waals surface area contributed by atoms with Gasteiger partial charge in [0.05, 0.1) is 13.2 Å². The molecular weight excluding hydrogens is 244 g/mol. The number of nitrogens with one attached hydrogen (secondary N) is 2. The molecule has 0 aromatic heterocycles. The number of hydrogen-bond acceptors (Lipinski definition) is 4. The molecule has 0 aliphatic carbocycles. The first-order valence-corrected chi connectivity index (χ1v) is 6.46. The molecule has 1 amide bonds. The van der Waals surface area contributed by atoms with E-state index in [1.54, 1.807) is 7.11 Å². The summed E-state index contributed by atoms with van der Waals surface area (Å²) >= 11 is 0. The Morgan fingerprint density at radius 2 is 2.00 bits per heavy atom. The lowest BCUT2D eigenvalue weighted by Crippen LogP contribution is -2.43. The van der Waals surface area contributed by atoms with E-state index in [9.17, 15) is 4.79 Å². The molecule has 0 aliphatic rings. The molecule has 0 fully saturated rings. The van der Waals surface area contributed by atoms with Crippen molar-refractivity contribution in [2.45, 2.75) is 19.9 Å². The maximum absolute atomic E-state index is 11.5. The highest BCUT2D eigenvalue weighted by Crippen LogP contribution is 2.25. The molecule has 0 bridgehead atoms. The SMILES string of the molecule is CCNC(=O)C(C)NCCOc1ccccc1OC. The molecule has 0 radical (unpaired) electrons. The van der Waals surface area contributed by atoms with Gasteiger partial charge in [-0.25, -0.2) is 0 Å². The zero-order valence-electron chi connectivity index (χ0n) is 11.7. The second-order valence-electron chi connectivity index (χ2n) is 4.07. The lowest BCUT2D eigenvalue weighted by atomic mass is 10.3. The highest BCUT2D eigenvalue weighted by molar-refractivity contribution is 5.81. The first-order valence-electron chi connectivity index (χ1n) is 6.46. The second-order valence-corrected chi connectivity index (χ2v) is 4.07. The number of carbonyl (C=O) groups excluding carboxylic acids is 1. The Labute approximate surface area is 114 Å². The van der Waals surface area contributed by atoms with Gasteiger partial charge in [-0.3, -0.25) is 4.79 Å². The summed E-state index contributed by atoms with van der Waals surface area (Å²) in [6, 6.07) is 7.26. The summed E-state index contributed by atoms with van der Waals surface area (Å²) in [4.78, 5) is 11.5. The van der Waals surface area contributed by atoms with Crippen molar-refractivity contribution >= 4 is 5.91 Å². The van der Waals surface area contributed by atoms with Crippen molar-refractivity contribution in [3.05, 3.63) is 24.3 Å². The zero-order valence-corrected chi connectivity index (χ0v) is 11.7. The van der Waals surface area contributed by atoms with Gasteiger partial charge in [0.2, 0.25) is 5.91 Å². The number of hydrogen-bond donors (Lipinski definition) is 2. The van der Waals surface area contributed by atoms with Gasteiger partial charge in [0.1, 0.15) is 6.61 Å². The quantitative estimate of drug-likeness (QED) is 0.694. The number of benzene rings is 1. The van der Waals surface area contributed by atoms with Crippen LogP contribution in [-0.4, -0.2) is 38.8 Å². The summed E-state index contributed by atoms with van der Waals surface area (Å²) in [6.45, 7) is 5.44. The van der Waals surface area contributed by atoms with Crippen LogP contribution in [-0.2, 0) is 4.79 Å². The maximum atomic E-state index is 11.5. The molecule has 106 valence electrons. The lowest BCUT2D eigenvalue weighted by Gasteiger charge is -2.14. The van der Waals surface area contributed by atoms with E-state index in [-0.39, 0.29) is 11.9 Å². The molecule has 19 heavy (non-hydrogen) atoms. The highest BCUT2D eigenvalue weighted by atomic mass is 16.5. The molecule has 1 unspecified atom stereocenters. The molecule has 5 heteroatoms. The van der Waals surface area contributed by atoms with Gasteiger partial charge in [-0.1, -0.05) is 12.1 Å². The van der Waals surface area contributed by atoms with E-state index in [1.807, 2.05) is 38.1 Å². The standard InChI is InChI=1S/C14H22N2O3/c1-4-15-14(17)11(2)16-9-10-19-13-8-6-5-7-12(13)18-3/h5-8,11,16H,4,9-10H2,1-3H3,(H,15,17). The minimum atomic E-state index is -0.221. The van der Waals surface area contributed by atoms with E-state index in [4.69, 9.17) is 9.47 Å². The van der Waals surface area contributed by atoms with Crippen molar-refractivity contribution in [1.29, 1.82) is 0 Å².